The number of alkyl carbamates (subject to hydrolysis) is 1. The van der Waals surface area contributed by atoms with Gasteiger partial charge in [-0.05, 0) is 55.8 Å². The Hall–Kier alpha value is -2.65. The number of nitrogens with zero attached hydrogens (tertiary/aromatic N) is 1. The van der Waals surface area contributed by atoms with Crippen LogP contribution in [0.15, 0.2) is 0 Å². The van der Waals surface area contributed by atoms with Gasteiger partial charge in [-0.25, -0.2) is 4.79 Å². The number of hydrogen-bond acceptors (Lipinski definition) is 6. The van der Waals surface area contributed by atoms with Crippen LogP contribution in [0.25, 0.3) is 0 Å². The van der Waals surface area contributed by atoms with Crippen LogP contribution in [-0.2, 0) is 23.9 Å². The zero-order chi connectivity index (χ0) is 27.4. The Morgan fingerprint density at radius 3 is 2.08 bits per heavy atom. The Morgan fingerprint density at radius 1 is 1.03 bits per heavy atom. The van der Waals surface area contributed by atoms with Gasteiger partial charge in [-0.3, -0.25) is 19.2 Å². The first kappa shape index (κ1) is 27.9. The standard InChI is InChI=1S/C26H42N4O6/c1-24(2,3)19(29-23(35)36-25(4,5)6)22(34)30-12-14-16(26(14,7)8)17(30)21(33)28-15(11-13-9-10-13)18(31)20(27)32/h13-17,19H,9-12H2,1-8H3,(H2,27,32)(H,28,33)(H,29,35)/t14?,15?,16-,17?,19+/m0/s1. The minimum Gasteiger partial charge on any atom is -0.444 e. The number of fused-ring (bicyclic) bond motifs is 1. The quantitative estimate of drug-likeness (QED) is 0.427. The third-order valence-electron chi connectivity index (χ3n) is 7.68. The summed E-state index contributed by atoms with van der Waals surface area (Å²) in [7, 11) is 0. The number of carbonyl (C=O) groups excluding carboxylic acids is 5. The summed E-state index contributed by atoms with van der Waals surface area (Å²) in [5.74, 6) is -2.45. The van der Waals surface area contributed by atoms with Gasteiger partial charge in [-0.15, -0.1) is 0 Å². The van der Waals surface area contributed by atoms with Gasteiger partial charge >= 0.3 is 6.09 Å². The number of nitrogens with one attached hydrogen (secondary N) is 2. The van der Waals surface area contributed by atoms with E-state index >= 15 is 0 Å². The van der Waals surface area contributed by atoms with E-state index in [2.05, 4.69) is 24.5 Å². The minimum atomic E-state index is -1.08. The van der Waals surface area contributed by atoms with Gasteiger partial charge in [0, 0.05) is 6.54 Å². The van der Waals surface area contributed by atoms with Crippen molar-refractivity contribution >= 4 is 29.6 Å². The fraction of sp³-hybridized carbons (Fsp3) is 0.808. The molecule has 0 radical (unpaired) electrons. The van der Waals surface area contributed by atoms with Crippen LogP contribution in [0.5, 0.6) is 0 Å². The average molecular weight is 507 g/mol. The van der Waals surface area contributed by atoms with Gasteiger partial charge in [0.05, 0.1) is 6.04 Å². The van der Waals surface area contributed by atoms with Crippen LogP contribution in [-0.4, -0.2) is 64.8 Å². The molecule has 3 unspecified atom stereocenters. The maximum atomic E-state index is 13.8. The molecule has 10 nitrogen and oxygen atoms in total. The van der Waals surface area contributed by atoms with Crippen molar-refractivity contribution < 1.29 is 28.7 Å². The van der Waals surface area contributed by atoms with Gasteiger partial charge in [0.25, 0.3) is 5.91 Å². The highest BCUT2D eigenvalue weighted by Gasteiger charge is 2.70. The van der Waals surface area contributed by atoms with Gasteiger partial charge in [0.2, 0.25) is 17.6 Å². The second kappa shape index (κ2) is 9.34. The minimum absolute atomic E-state index is 0.0890. The number of carbonyl (C=O) groups is 5. The lowest BCUT2D eigenvalue weighted by Gasteiger charge is -2.38. The van der Waals surface area contributed by atoms with E-state index in [0.29, 0.717) is 13.0 Å². The second-order valence-corrected chi connectivity index (χ2v) is 13.3. The number of nitrogens with two attached hydrogens (primary N) is 1. The summed E-state index contributed by atoms with van der Waals surface area (Å²) in [5.41, 5.74) is 3.70. The smallest absolute Gasteiger partial charge is 0.408 e. The molecule has 0 aromatic rings. The number of piperidine rings is 1. The molecule has 1 aliphatic heterocycles. The number of Topliss-reactive ketones (excluding diaryl/α,β-unsaturated/α-hetero) is 1. The number of primary amides is 1. The summed E-state index contributed by atoms with van der Waals surface area (Å²) >= 11 is 0. The van der Waals surface area contributed by atoms with Crippen molar-refractivity contribution in [1.29, 1.82) is 0 Å². The summed E-state index contributed by atoms with van der Waals surface area (Å²) in [6.45, 7) is 15.2. The number of amides is 4. The molecule has 1 heterocycles. The van der Waals surface area contributed by atoms with Crippen LogP contribution in [0.1, 0.15) is 74.7 Å². The lowest BCUT2D eigenvalue weighted by atomic mass is 9.85. The molecule has 3 aliphatic rings. The Labute approximate surface area is 213 Å². The fourth-order valence-corrected chi connectivity index (χ4v) is 5.40. The zero-order valence-electron chi connectivity index (χ0n) is 22.8. The van der Waals surface area contributed by atoms with Gasteiger partial charge in [-0.1, -0.05) is 47.5 Å². The Kier molecular flexibility index (Phi) is 7.24. The molecule has 36 heavy (non-hydrogen) atoms. The normalized spacial score (nSPS) is 26.3. The van der Waals surface area contributed by atoms with Crippen molar-refractivity contribution in [1.82, 2.24) is 15.5 Å². The maximum Gasteiger partial charge on any atom is 0.408 e. The van der Waals surface area contributed by atoms with E-state index in [9.17, 15) is 24.0 Å². The Morgan fingerprint density at radius 2 is 1.61 bits per heavy atom. The third-order valence-corrected chi connectivity index (χ3v) is 7.68. The van der Waals surface area contributed by atoms with E-state index < -0.39 is 52.8 Å². The SMILES string of the molecule is CC(C)(C)OC(=O)N[C@H](C(=O)N1CC2[C@@H](C1C(=O)NC(CC1CC1)C(=O)C(N)=O)C2(C)C)C(C)(C)C. The number of hydrogen-bond donors (Lipinski definition) is 3. The highest BCUT2D eigenvalue weighted by atomic mass is 16.6. The van der Waals surface area contributed by atoms with E-state index in [4.69, 9.17) is 10.5 Å². The van der Waals surface area contributed by atoms with Crippen molar-refractivity contribution in [2.75, 3.05) is 6.54 Å². The maximum absolute atomic E-state index is 13.8. The molecule has 0 aromatic heterocycles. The van der Waals surface area contributed by atoms with Gasteiger partial charge in [0.1, 0.15) is 17.7 Å². The Balaban J connectivity index is 1.83. The van der Waals surface area contributed by atoms with Crippen LogP contribution in [0.2, 0.25) is 0 Å². The van der Waals surface area contributed by atoms with Crippen LogP contribution in [0.4, 0.5) is 4.79 Å². The van der Waals surface area contributed by atoms with Gasteiger partial charge < -0.3 is 26.0 Å². The molecular weight excluding hydrogens is 464 g/mol. The molecule has 4 amide bonds. The topological polar surface area (TPSA) is 148 Å². The molecule has 4 N–H and O–H groups in total. The third kappa shape index (κ3) is 6.00. The molecule has 202 valence electrons. The number of rotatable bonds is 8. The molecule has 3 fully saturated rings. The monoisotopic (exact) mass is 506 g/mol. The molecule has 0 aromatic carbocycles. The number of likely N-dealkylation sites (tertiary alicyclic amines) is 1. The summed E-state index contributed by atoms with van der Waals surface area (Å²) in [5, 5.41) is 5.45. The highest BCUT2D eigenvalue weighted by molar-refractivity contribution is 6.37. The van der Waals surface area contributed by atoms with Gasteiger partial charge in [0.15, 0.2) is 0 Å². The summed E-state index contributed by atoms with van der Waals surface area (Å²) < 4.78 is 5.38. The summed E-state index contributed by atoms with van der Waals surface area (Å²) in [4.78, 5) is 65.5. The molecule has 2 saturated carbocycles. The zero-order valence-corrected chi connectivity index (χ0v) is 22.8. The number of ketones is 1. The van der Waals surface area contributed by atoms with E-state index in [0.717, 1.165) is 12.8 Å². The van der Waals surface area contributed by atoms with Crippen LogP contribution in [0, 0.1) is 28.6 Å². The molecule has 0 bridgehead atoms. The molecule has 10 heteroatoms. The molecule has 0 spiro atoms. The highest BCUT2D eigenvalue weighted by Crippen LogP contribution is 2.65. The largest absolute Gasteiger partial charge is 0.444 e. The van der Waals surface area contributed by atoms with Crippen molar-refractivity contribution in [3.8, 4) is 0 Å². The van der Waals surface area contributed by atoms with Crippen molar-refractivity contribution in [2.45, 2.75) is 98.4 Å². The van der Waals surface area contributed by atoms with E-state index in [-0.39, 0.29) is 29.1 Å². The predicted molar refractivity (Wildman–Crippen MR) is 132 cm³/mol. The molecule has 3 rings (SSSR count). The van der Waals surface area contributed by atoms with E-state index in [1.54, 1.807) is 20.8 Å². The molecule has 1 saturated heterocycles. The first-order chi connectivity index (χ1) is 16.3. The summed E-state index contributed by atoms with van der Waals surface area (Å²) in [6.07, 6.45) is 1.52. The fourth-order valence-electron chi connectivity index (χ4n) is 5.40. The van der Waals surface area contributed by atoms with Gasteiger partial charge in [-0.2, -0.15) is 0 Å². The first-order valence-electron chi connectivity index (χ1n) is 12.8. The predicted octanol–water partition coefficient (Wildman–Crippen LogP) is 1.75. The first-order valence-corrected chi connectivity index (χ1v) is 12.8. The lowest BCUT2D eigenvalue weighted by molar-refractivity contribution is -0.145. The van der Waals surface area contributed by atoms with Crippen molar-refractivity contribution in [3.05, 3.63) is 0 Å². The lowest BCUT2D eigenvalue weighted by Crippen LogP contribution is -2.60. The van der Waals surface area contributed by atoms with E-state index in [1.165, 1.54) is 4.90 Å². The molecule has 2 aliphatic carbocycles. The Bertz CT molecular complexity index is 943. The van der Waals surface area contributed by atoms with Crippen LogP contribution in [0.3, 0.4) is 0 Å². The molecule has 5 atom stereocenters. The average Bonchev–Trinajstić information content (AvgIpc) is 3.55. The van der Waals surface area contributed by atoms with Crippen LogP contribution < -0.4 is 16.4 Å². The number of ether oxygens (including phenoxy) is 1. The van der Waals surface area contributed by atoms with Crippen molar-refractivity contribution in [2.24, 2.45) is 34.3 Å². The second-order valence-electron chi connectivity index (χ2n) is 13.3. The molecular formula is C26H42N4O6. The van der Waals surface area contributed by atoms with Crippen LogP contribution >= 0.6 is 0 Å². The van der Waals surface area contributed by atoms with E-state index in [1.807, 2.05) is 20.8 Å². The summed E-state index contributed by atoms with van der Waals surface area (Å²) in [6, 6.07) is -2.75. The van der Waals surface area contributed by atoms with Crippen molar-refractivity contribution in [3.63, 3.8) is 0 Å².